The molecule has 2 saturated heterocycles. The Kier molecular flexibility index (Phi) is 41.8. The van der Waals surface area contributed by atoms with E-state index in [0.717, 1.165) is 64.2 Å². The van der Waals surface area contributed by atoms with E-state index >= 15 is 0 Å². The van der Waals surface area contributed by atoms with E-state index in [1.165, 1.54) is 135 Å². The Balaban J connectivity index is 1.71. The lowest BCUT2D eigenvalue weighted by Gasteiger charge is -2.42. The number of allylic oxidation sites excluding steroid dienone is 6. The van der Waals surface area contributed by atoms with Crippen molar-refractivity contribution in [2.75, 3.05) is 33.0 Å². The van der Waals surface area contributed by atoms with E-state index in [2.05, 4.69) is 50.3 Å². The van der Waals surface area contributed by atoms with Crippen LogP contribution in [0.3, 0.4) is 0 Å². The SMILES string of the molecule is CCCCCC/C=C\C/C=C\CCCCCCCC(=O)OC(COCCCCCCCCCCCC/C=C\CCCCCCCCCC)COC1OC(COC2OC(CO)C(O)C(O)C2O)C(O)C(O)C1O. The molecule has 14 heteroatoms. The molecule has 0 aromatic carbocycles. The Morgan fingerprint density at radius 1 is 0.458 bits per heavy atom. The molecule has 0 radical (unpaired) electrons. The number of rotatable bonds is 47. The number of carbonyl (C=O) groups is 1. The Labute approximate surface area is 436 Å². The topological polar surface area (TPSA) is 214 Å². The zero-order valence-corrected chi connectivity index (χ0v) is 45.2. The standard InChI is InChI=1S/C58H106O14/c1-3-5-7-9-11-13-15-17-19-21-22-23-24-25-26-28-30-32-34-36-38-40-42-67-44-47(70-50(60)41-39-37-35-33-31-29-27-20-18-16-14-12-10-8-6-4-2)45-68-57-56(66)54(64)52(62)49(72-57)46-69-58-55(65)53(63)51(61)48(43-59)71-58/h14,16,20-22,27,47-49,51-59,61-66H,3-13,15,17-19,23-26,28-46H2,1-2H3/b16-14-,22-21-,27-20-. The summed E-state index contributed by atoms with van der Waals surface area (Å²) in [5, 5.41) is 72.3. The summed E-state index contributed by atoms with van der Waals surface area (Å²) >= 11 is 0. The van der Waals surface area contributed by atoms with Crippen LogP contribution in [0.15, 0.2) is 36.5 Å². The monoisotopic (exact) mass is 1030 g/mol. The fourth-order valence-electron chi connectivity index (χ4n) is 9.13. The second kappa shape index (κ2) is 45.4. The van der Waals surface area contributed by atoms with Crippen molar-refractivity contribution in [3.05, 3.63) is 36.5 Å². The molecule has 11 unspecified atom stereocenters. The van der Waals surface area contributed by atoms with Gasteiger partial charge in [0.05, 0.1) is 26.4 Å². The summed E-state index contributed by atoms with van der Waals surface area (Å²) in [6.07, 6.45) is 36.3. The average Bonchev–Trinajstić information content (AvgIpc) is 3.38. The minimum atomic E-state index is -1.71. The molecule has 2 heterocycles. The Morgan fingerprint density at radius 3 is 1.36 bits per heavy atom. The molecule has 0 amide bonds. The second-order valence-electron chi connectivity index (χ2n) is 20.5. The number of unbranched alkanes of at least 4 members (excludes halogenated alkanes) is 27. The van der Waals surface area contributed by atoms with Gasteiger partial charge in [-0.05, 0) is 70.6 Å². The Bertz CT molecular complexity index is 1330. The van der Waals surface area contributed by atoms with Gasteiger partial charge in [0.15, 0.2) is 12.6 Å². The highest BCUT2D eigenvalue weighted by Crippen LogP contribution is 2.27. The van der Waals surface area contributed by atoms with Crippen LogP contribution in [0.2, 0.25) is 0 Å². The Hall–Kier alpha value is -1.79. The van der Waals surface area contributed by atoms with E-state index in [1.54, 1.807) is 0 Å². The molecule has 2 aliphatic rings. The number of esters is 1. The zero-order chi connectivity index (χ0) is 52.3. The van der Waals surface area contributed by atoms with Crippen LogP contribution in [0.5, 0.6) is 0 Å². The largest absolute Gasteiger partial charge is 0.457 e. The highest BCUT2D eigenvalue weighted by molar-refractivity contribution is 5.69. The molecular formula is C58H106O14. The van der Waals surface area contributed by atoms with E-state index in [-0.39, 0.29) is 25.6 Å². The molecule has 0 spiro atoms. The van der Waals surface area contributed by atoms with Gasteiger partial charge in [0, 0.05) is 13.0 Å². The van der Waals surface area contributed by atoms with E-state index in [4.69, 9.17) is 28.4 Å². The number of hydrogen-bond donors (Lipinski definition) is 7. The molecule has 7 N–H and O–H groups in total. The van der Waals surface area contributed by atoms with Crippen molar-refractivity contribution in [2.24, 2.45) is 0 Å². The van der Waals surface area contributed by atoms with Crippen LogP contribution in [-0.2, 0) is 33.2 Å². The van der Waals surface area contributed by atoms with Crippen molar-refractivity contribution in [1.29, 1.82) is 0 Å². The van der Waals surface area contributed by atoms with Crippen LogP contribution >= 0.6 is 0 Å². The molecule has 0 aliphatic carbocycles. The lowest BCUT2D eigenvalue weighted by molar-refractivity contribution is -0.332. The van der Waals surface area contributed by atoms with Gasteiger partial charge in [0.25, 0.3) is 0 Å². The summed E-state index contributed by atoms with van der Waals surface area (Å²) < 4.78 is 34.4. The maximum absolute atomic E-state index is 13.0. The van der Waals surface area contributed by atoms with E-state index in [9.17, 15) is 40.5 Å². The second-order valence-corrected chi connectivity index (χ2v) is 20.5. The van der Waals surface area contributed by atoms with Gasteiger partial charge in [-0.3, -0.25) is 4.79 Å². The minimum absolute atomic E-state index is 0.0562. The number of aliphatic hydroxyl groups excluding tert-OH is 7. The van der Waals surface area contributed by atoms with Gasteiger partial charge in [0.1, 0.15) is 54.9 Å². The summed E-state index contributed by atoms with van der Waals surface area (Å²) in [5.41, 5.74) is 0. The number of carbonyl (C=O) groups excluding carboxylic acids is 1. The predicted molar refractivity (Wildman–Crippen MR) is 284 cm³/mol. The summed E-state index contributed by atoms with van der Waals surface area (Å²) in [6.45, 7) is 3.68. The van der Waals surface area contributed by atoms with Gasteiger partial charge in [-0.25, -0.2) is 0 Å². The smallest absolute Gasteiger partial charge is 0.306 e. The van der Waals surface area contributed by atoms with Gasteiger partial charge in [-0.15, -0.1) is 0 Å². The fraction of sp³-hybridized carbons (Fsp3) is 0.879. The van der Waals surface area contributed by atoms with Crippen molar-refractivity contribution in [2.45, 2.75) is 293 Å². The molecule has 14 nitrogen and oxygen atoms in total. The molecule has 2 fully saturated rings. The van der Waals surface area contributed by atoms with Crippen molar-refractivity contribution < 1.29 is 69.0 Å². The highest BCUT2D eigenvalue weighted by atomic mass is 16.7. The zero-order valence-electron chi connectivity index (χ0n) is 45.2. The van der Waals surface area contributed by atoms with Crippen molar-refractivity contribution in [3.8, 4) is 0 Å². The first-order valence-electron chi connectivity index (χ1n) is 29.1. The Morgan fingerprint density at radius 2 is 0.861 bits per heavy atom. The third kappa shape index (κ3) is 31.9. The highest BCUT2D eigenvalue weighted by Gasteiger charge is 2.47. The minimum Gasteiger partial charge on any atom is -0.457 e. The van der Waals surface area contributed by atoms with Gasteiger partial charge in [0.2, 0.25) is 0 Å². The van der Waals surface area contributed by atoms with E-state index in [1.807, 2.05) is 0 Å². The normalized spacial score (nSPS) is 25.3. The molecule has 422 valence electrons. The lowest BCUT2D eigenvalue weighted by atomic mass is 9.98. The van der Waals surface area contributed by atoms with Gasteiger partial charge in [-0.1, -0.05) is 185 Å². The quantitative estimate of drug-likeness (QED) is 0.0172. The predicted octanol–water partition coefficient (Wildman–Crippen LogP) is 10.1. The van der Waals surface area contributed by atoms with Crippen molar-refractivity contribution in [1.82, 2.24) is 0 Å². The maximum atomic E-state index is 13.0. The molecule has 72 heavy (non-hydrogen) atoms. The summed E-state index contributed by atoms with van der Waals surface area (Å²) in [5.74, 6) is -0.388. The molecular weight excluding hydrogens is 921 g/mol. The molecule has 2 aliphatic heterocycles. The van der Waals surface area contributed by atoms with E-state index < -0.39 is 80.7 Å². The van der Waals surface area contributed by atoms with Gasteiger partial charge < -0.3 is 64.2 Å². The summed E-state index contributed by atoms with van der Waals surface area (Å²) in [7, 11) is 0. The van der Waals surface area contributed by atoms with Gasteiger partial charge in [-0.2, -0.15) is 0 Å². The molecule has 0 aromatic rings. The molecule has 0 bridgehead atoms. The summed E-state index contributed by atoms with van der Waals surface area (Å²) in [4.78, 5) is 13.0. The first-order chi connectivity index (χ1) is 35.1. The lowest BCUT2D eigenvalue weighted by Crippen LogP contribution is -2.61. The van der Waals surface area contributed by atoms with Gasteiger partial charge >= 0.3 is 5.97 Å². The maximum Gasteiger partial charge on any atom is 0.306 e. The fourth-order valence-corrected chi connectivity index (χ4v) is 9.13. The summed E-state index contributed by atoms with van der Waals surface area (Å²) in [6, 6.07) is 0. The third-order valence-corrected chi connectivity index (χ3v) is 13.9. The van der Waals surface area contributed by atoms with Crippen molar-refractivity contribution in [3.63, 3.8) is 0 Å². The van der Waals surface area contributed by atoms with E-state index in [0.29, 0.717) is 13.0 Å². The number of hydrogen-bond acceptors (Lipinski definition) is 14. The number of aliphatic hydroxyl groups is 7. The first-order valence-corrected chi connectivity index (χ1v) is 29.1. The first kappa shape index (κ1) is 66.3. The molecule has 2 rings (SSSR count). The third-order valence-electron chi connectivity index (χ3n) is 13.9. The average molecular weight is 1030 g/mol. The van der Waals surface area contributed by atoms with Crippen LogP contribution in [0, 0.1) is 0 Å². The molecule has 0 saturated carbocycles. The van der Waals surface area contributed by atoms with Crippen molar-refractivity contribution >= 4 is 5.97 Å². The van der Waals surface area contributed by atoms with Crippen LogP contribution in [0.1, 0.15) is 226 Å². The number of ether oxygens (including phenoxy) is 6. The molecule has 11 atom stereocenters. The van der Waals surface area contributed by atoms with Crippen LogP contribution in [0.4, 0.5) is 0 Å². The van der Waals surface area contributed by atoms with Crippen LogP contribution in [0.25, 0.3) is 0 Å². The van der Waals surface area contributed by atoms with Crippen LogP contribution in [-0.4, -0.2) is 142 Å². The van der Waals surface area contributed by atoms with Crippen LogP contribution < -0.4 is 0 Å². The molecule has 0 aromatic heterocycles.